The van der Waals surface area contributed by atoms with Crippen LogP contribution in [0.4, 0.5) is 0 Å². The molecule has 0 bridgehead atoms. The van der Waals surface area contributed by atoms with Gasteiger partial charge in [0.05, 0.1) is 11.6 Å². The third-order valence-corrected chi connectivity index (χ3v) is 5.27. The lowest BCUT2D eigenvalue weighted by Gasteiger charge is -2.26. The van der Waals surface area contributed by atoms with E-state index in [-0.39, 0.29) is 0 Å². The summed E-state index contributed by atoms with van der Waals surface area (Å²) in [6.45, 7) is 2.35. The highest BCUT2D eigenvalue weighted by Gasteiger charge is 2.19. The molecule has 0 radical (unpaired) electrons. The van der Waals surface area contributed by atoms with Crippen LogP contribution in [0.5, 0.6) is 0 Å². The summed E-state index contributed by atoms with van der Waals surface area (Å²) in [6, 6.07) is 7.72. The highest BCUT2D eigenvalue weighted by Crippen LogP contribution is 2.34. The number of thioether (sulfide) groups is 1. The predicted octanol–water partition coefficient (Wildman–Crippen LogP) is 5.02. The molecule has 2 rings (SSSR count). The number of nitrogens with zero attached hydrogens (tertiary/aromatic N) is 1. The van der Waals surface area contributed by atoms with Gasteiger partial charge in [-0.25, -0.2) is 0 Å². The maximum absolute atomic E-state index is 8.80. The number of halogens is 1. The van der Waals surface area contributed by atoms with Gasteiger partial charge in [-0.15, -0.1) is 0 Å². The number of hydrogen-bond acceptors (Lipinski definition) is 2. The van der Waals surface area contributed by atoms with Crippen LogP contribution in [-0.2, 0) is 5.75 Å². The van der Waals surface area contributed by atoms with Crippen molar-refractivity contribution in [1.29, 1.82) is 5.26 Å². The fraction of sp³-hybridized carbons (Fsp3) is 0.533. The Kier molecular flexibility index (Phi) is 4.97. The minimum Gasteiger partial charge on any atom is -0.192 e. The molecule has 18 heavy (non-hydrogen) atoms. The van der Waals surface area contributed by atoms with Crippen LogP contribution >= 0.6 is 23.4 Å². The maximum Gasteiger partial charge on any atom is 0.0992 e. The highest BCUT2D eigenvalue weighted by atomic mass is 35.5. The number of benzene rings is 1. The summed E-state index contributed by atoms with van der Waals surface area (Å²) >= 11 is 8.20. The Labute approximate surface area is 119 Å². The van der Waals surface area contributed by atoms with Crippen molar-refractivity contribution in [3.63, 3.8) is 0 Å². The Morgan fingerprint density at radius 1 is 1.44 bits per heavy atom. The molecule has 3 heteroatoms. The largest absolute Gasteiger partial charge is 0.192 e. The molecule has 0 aliphatic heterocycles. The molecule has 0 N–H and O–H groups in total. The second-order valence-electron chi connectivity index (χ2n) is 5.12. The van der Waals surface area contributed by atoms with Crippen molar-refractivity contribution >= 4 is 23.4 Å². The van der Waals surface area contributed by atoms with Crippen molar-refractivity contribution in [2.45, 2.75) is 43.6 Å². The summed E-state index contributed by atoms with van der Waals surface area (Å²) in [6.07, 6.45) is 5.41. The van der Waals surface area contributed by atoms with Crippen LogP contribution in [-0.4, -0.2) is 5.25 Å². The fourth-order valence-electron chi connectivity index (χ4n) is 2.47. The molecule has 1 saturated carbocycles. The van der Waals surface area contributed by atoms with Gasteiger partial charge in [-0.05, 0) is 36.5 Å². The van der Waals surface area contributed by atoms with Crippen molar-refractivity contribution in [2.24, 2.45) is 5.92 Å². The fourth-order valence-corrected chi connectivity index (χ4v) is 4.26. The van der Waals surface area contributed by atoms with Gasteiger partial charge in [-0.2, -0.15) is 17.0 Å². The van der Waals surface area contributed by atoms with E-state index in [1.54, 1.807) is 6.07 Å². The monoisotopic (exact) mass is 279 g/mol. The number of hydrogen-bond donors (Lipinski definition) is 0. The molecule has 0 amide bonds. The zero-order valence-corrected chi connectivity index (χ0v) is 12.2. The summed E-state index contributed by atoms with van der Waals surface area (Å²) in [7, 11) is 0. The van der Waals surface area contributed by atoms with Gasteiger partial charge >= 0.3 is 0 Å². The summed E-state index contributed by atoms with van der Waals surface area (Å²) in [4.78, 5) is 0. The third-order valence-electron chi connectivity index (χ3n) is 3.54. The van der Waals surface area contributed by atoms with Gasteiger partial charge in [0.25, 0.3) is 0 Å². The molecule has 0 spiro atoms. The van der Waals surface area contributed by atoms with Crippen LogP contribution in [0.3, 0.4) is 0 Å². The van der Waals surface area contributed by atoms with E-state index in [1.807, 2.05) is 23.9 Å². The van der Waals surface area contributed by atoms with Gasteiger partial charge in [0.2, 0.25) is 0 Å². The molecule has 1 aromatic carbocycles. The quantitative estimate of drug-likeness (QED) is 0.775. The van der Waals surface area contributed by atoms with E-state index >= 15 is 0 Å². The minimum atomic E-state index is 0.639. The molecule has 1 fully saturated rings. The van der Waals surface area contributed by atoms with Gasteiger partial charge in [0.15, 0.2) is 0 Å². The molecular weight excluding hydrogens is 262 g/mol. The summed E-state index contributed by atoms with van der Waals surface area (Å²) in [5.74, 6) is 1.83. The van der Waals surface area contributed by atoms with Gasteiger partial charge in [-0.3, -0.25) is 0 Å². The van der Waals surface area contributed by atoms with E-state index in [0.29, 0.717) is 5.56 Å². The second-order valence-corrected chi connectivity index (χ2v) is 6.82. The summed E-state index contributed by atoms with van der Waals surface area (Å²) in [5.41, 5.74) is 1.79. The SMILES string of the molecule is CC1CCCC(SCc2ccc(C#N)cc2Cl)C1. The molecule has 1 aliphatic carbocycles. The van der Waals surface area contributed by atoms with E-state index in [9.17, 15) is 0 Å². The first-order chi connectivity index (χ1) is 8.69. The normalized spacial score (nSPS) is 23.6. The molecule has 1 aliphatic rings. The lowest BCUT2D eigenvalue weighted by molar-refractivity contribution is 0.394. The zero-order valence-electron chi connectivity index (χ0n) is 10.7. The van der Waals surface area contributed by atoms with Gasteiger partial charge in [-0.1, -0.05) is 37.4 Å². The molecule has 1 nitrogen and oxygen atoms in total. The topological polar surface area (TPSA) is 23.8 Å². The first-order valence-corrected chi connectivity index (χ1v) is 7.92. The van der Waals surface area contributed by atoms with Crippen LogP contribution in [0.2, 0.25) is 5.02 Å². The van der Waals surface area contributed by atoms with E-state index in [4.69, 9.17) is 16.9 Å². The Bertz CT molecular complexity index is 452. The lowest BCUT2D eigenvalue weighted by Crippen LogP contribution is -2.15. The highest BCUT2D eigenvalue weighted by molar-refractivity contribution is 7.99. The molecule has 2 unspecified atom stereocenters. The van der Waals surface area contributed by atoms with Crippen molar-refractivity contribution in [3.8, 4) is 6.07 Å². The van der Waals surface area contributed by atoms with Gasteiger partial charge in [0, 0.05) is 16.0 Å². The van der Waals surface area contributed by atoms with Crippen LogP contribution in [0.1, 0.15) is 43.7 Å². The standard InChI is InChI=1S/C15H18ClNS/c1-11-3-2-4-14(7-11)18-10-13-6-5-12(9-17)8-15(13)16/h5-6,8,11,14H,2-4,7,10H2,1H3. The first kappa shape index (κ1) is 13.8. The summed E-state index contributed by atoms with van der Waals surface area (Å²) < 4.78 is 0. The van der Waals surface area contributed by atoms with Crippen LogP contribution < -0.4 is 0 Å². The van der Waals surface area contributed by atoms with Crippen molar-refractivity contribution in [1.82, 2.24) is 0 Å². The van der Waals surface area contributed by atoms with Crippen molar-refractivity contribution < 1.29 is 0 Å². The molecule has 0 heterocycles. The van der Waals surface area contributed by atoms with Crippen molar-refractivity contribution in [3.05, 3.63) is 34.3 Å². The smallest absolute Gasteiger partial charge is 0.0992 e. The van der Waals surface area contributed by atoms with Gasteiger partial charge in [0.1, 0.15) is 0 Å². The van der Waals surface area contributed by atoms with Crippen LogP contribution in [0, 0.1) is 17.2 Å². The summed E-state index contributed by atoms with van der Waals surface area (Å²) in [5, 5.41) is 10.3. The van der Waals surface area contributed by atoms with Crippen LogP contribution in [0.15, 0.2) is 18.2 Å². The number of rotatable bonds is 3. The molecular formula is C15H18ClNS. The Morgan fingerprint density at radius 3 is 2.94 bits per heavy atom. The molecule has 96 valence electrons. The molecule has 0 aromatic heterocycles. The number of nitriles is 1. The average Bonchev–Trinajstić information content (AvgIpc) is 2.37. The lowest BCUT2D eigenvalue weighted by atomic mass is 9.91. The molecule has 1 aromatic rings. The third kappa shape index (κ3) is 3.67. The van der Waals surface area contributed by atoms with Crippen LogP contribution in [0.25, 0.3) is 0 Å². The predicted molar refractivity (Wildman–Crippen MR) is 78.9 cm³/mol. The van der Waals surface area contributed by atoms with E-state index in [2.05, 4.69) is 13.0 Å². The first-order valence-electron chi connectivity index (χ1n) is 6.49. The van der Waals surface area contributed by atoms with Crippen molar-refractivity contribution in [2.75, 3.05) is 0 Å². The molecule has 0 saturated heterocycles. The Balaban J connectivity index is 1.92. The minimum absolute atomic E-state index is 0.639. The average molecular weight is 280 g/mol. The van der Waals surface area contributed by atoms with Gasteiger partial charge < -0.3 is 0 Å². The Morgan fingerprint density at radius 2 is 2.28 bits per heavy atom. The molecule has 2 atom stereocenters. The van der Waals surface area contributed by atoms with E-state index < -0.39 is 0 Å². The zero-order chi connectivity index (χ0) is 13.0. The second kappa shape index (κ2) is 6.50. The maximum atomic E-state index is 8.80. The van der Waals surface area contributed by atoms with E-state index in [1.165, 1.54) is 25.7 Å². The Hall–Kier alpha value is -0.650. The van der Waals surface area contributed by atoms with E-state index in [0.717, 1.165) is 27.5 Å².